The second-order valence-electron chi connectivity index (χ2n) is 5.69. The zero-order valence-electron chi connectivity index (χ0n) is 12.0. The molecule has 0 amide bonds. The lowest BCUT2D eigenvalue weighted by molar-refractivity contribution is -0.139. The minimum Gasteiger partial charge on any atom is -0.469 e. The van der Waals surface area contributed by atoms with Crippen molar-refractivity contribution in [3.05, 3.63) is 16.3 Å². The molecule has 2 heterocycles. The number of methoxy groups -OCH3 is 1. The van der Waals surface area contributed by atoms with E-state index in [2.05, 4.69) is 4.74 Å². The summed E-state index contributed by atoms with van der Waals surface area (Å²) in [6.07, 6.45) is 0.292. The van der Waals surface area contributed by atoms with E-state index in [1.54, 1.807) is 0 Å². The van der Waals surface area contributed by atoms with E-state index in [-0.39, 0.29) is 24.3 Å². The van der Waals surface area contributed by atoms with Crippen molar-refractivity contribution >= 4 is 29.9 Å². The fourth-order valence-corrected chi connectivity index (χ4v) is 2.68. The normalized spacial score (nSPS) is 20.6. The molecular weight excluding hydrogens is 263 g/mol. The van der Waals surface area contributed by atoms with Crippen LogP contribution >= 0.6 is 11.3 Å². The number of carbonyl (C=O) groups is 1. The molecule has 1 aromatic rings. The van der Waals surface area contributed by atoms with Gasteiger partial charge in [-0.05, 0) is 44.6 Å². The van der Waals surface area contributed by atoms with Gasteiger partial charge in [0.05, 0.1) is 24.7 Å². The number of carbonyl (C=O) groups excluding carboxylic acids is 1. The summed E-state index contributed by atoms with van der Waals surface area (Å²) in [7, 11) is 1.03. The zero-order valence-corrected chi connectivity index (χ0v) is 12.8. The van der Waals surface area contributed by atoms with Crippen molar-refractivity contribution < 1.29 is 18.8 Å². The molecule has 1 aliphatic heterocycles. The first-order valence-electron chi connectivity index (χ1n) is 6.25. The van der Waals surface area contributed by atoms with E-state index in [0.29, 0.717) is 6.42 Å². The lowest BCUT2D eigenvalue weighted by Gasteiger charge is -2.32. The molecule has 6 heteroatoms. The summed E-state index contributed by atoms with van der Waals surface area (Å²) in [5.74, 6) is -0.234. The Kier molecular flexibility index (Phi) is 3.77. The summed E-state index contributed by atoms with van der Waals surface area (Å²) in [6.45, 7) is 8.09. The topological polar surface area (TPSA) is 44.8 Å². The van der Waals surface area contributed by atoms with Crippen LogP contribution in [0.2, 0.25) is 0 Å². The van der Waals surface area contributed by atoms with E-state index in [1.807, 2.05) is 39.1 Å². The Morgan fingerprint density at radius 1 is 1.32 bits per heavy atom. The second-order valence-corrected chi connectivity index (χ2v) is 6.68. The van der Waals surface area contributed by atoms with Crippen molar-refractivity contribution in [3.8, 4) is 0 Å². The van der Waals surface area contributed by atoms with Gasteiger partial charge in [-0.25, -0.2) is 0 Å². The van der Waals surface area contributed by atoms with Gasteiger partial charge in [0.25, 0.3) is 0 Å². The molecule has 4 nitrogen and oxygen atoms in total. The monoisotopic (exact) mass is 282 g/mol. The van der Waals surface area contributed by atoms with E-state index in [1.165, 1.54) is 18.4 Å². The van der Waals surface area contributed by atoms with Crippen LogP contribution in [0, 0.1) is 0 Å². The maximum Gasteiger partial charge on any atom is 0.495 e. The highest BCUT2D eigenvalue weighted by atomic mass is 32.1. The van der Waals surface area contributed by atoms with Gasteiger partial charge < -0.3 is 14.0 Å². The van der Waals surface area contributed by atoms with Crippen molar-refractivity contribution in [1.82, 2.24) is 0 Å². The van der Waals surface area contributed by atoms with Crippen LogP contribution in [-0.4, -0.2) is 31.4 Å². The molecule has 0 aromatic carbocycles. The number of thiophene rings is 1. The highest BCUT2D eigenvalue weighted by Crippen LogP contribution is 2.36. The smallest absolute Gasteiger partial charge is 0.469 e. The maximum atomic E-state index is 11.2. The molecule has 2 rings (SSSR count). The number of esters is 1. The average Bonchev–Trinajstić information content (AvgIpc) is 2.82. The van der Waals surface area contributed by atoms with Crippen LogP contribution in [0.5, 0.6) is 0 Å². The predicted octanol–water partition coefficient (Wildman–Crippen LogP) is 1.76. The van der Waals surface area contributed by atoms with Gasteiger partial charge in [-0.1, -0.05) is 0 Å². The van der Waals surface area contributed by atoms with E-state index in [4.69, 9.17) is 9.31 Å². The van der Waals surface area contributed by atoms with Crippen LogP contribution in [0.3, 0.4) is 0 Å². The van der Waals surface area contributed by atoms with Crippen LogP contribution in [0.25, 0.3) is 0 Å². The Bertz CT molecular complexity index is 465. The summed E-state index contributed by atoms with van der Waals surface area (Å²) in [5, 5.41) is 1.97. The van der Waals surface area contributed by atoms with Gasteiger partial charge in [0.1, 0.15) is 0 Å². The summed E-state index contributed by atoms with van der Waals surface area (Å²) in [4.78, 5) is 12.2. The Hall–Kier alpha value is -0.845. The van der Waals surface area contributed by atoms with Gasteiger partial charge >= 0.3 is 13.1 Å². The minimum absolute atomic E-state index is 0.234. The number of ether oxygens (including phenoxy) is 1. The Balaban J connectivity index is 2.11. The van der Waals surface area contributed by atoms with E-state index < -0.39 is 0 Å². The fourth-order valence-electron chi connectivity index (χ4n) is 1.81. The molecule has 0 unspecified atom stereocenters. The van der Waals surface area contributed by atoms with Crippen LogP contribution < -0.4 is 5.46 Å². The number of hydrogen-bond acceptors (Lipinski definition) is 5. The molecule has 0 atom stereocenters. The largest absolute Gasteiger partial charge is 0.495 e. The molecule has 1 aliphatic rings. The Morgan fingerprint density at radius 3 is 2.42 bits per heavy atom. The Morgan fingerprint density at radius 2 is 1.89 bits per heavy atom. The fraction of sp³-hybridized carbons (Fsp3) is 0.615. The van der Waals surface area contributed by atoms with Crippen LogP contribution in [0.15, 0.2) is 11.4 Å². The average molecular weight is 282 g/mol. The summed E-state index contributed by atoms with van der Waals surface area (Å²) in [5.41, 5.74) is 0.270. The molecule has 0 bridgehead atoms. The quantitative estimate of drug-likeness (QED) is 0.626. The first kappa shape index (κ1) is 14.6. The van der Waals surface area contributed by atoms with Crippen molar-refractivity contribution in [2.75, 3.05) is 7.11 Å². The molecular formula is C13H19BO4S. The van der Waals surface area contributed by atoms with Gasteiger partial charge in [-0.3, -0.25) is 4.79 Å². The standard InChI is InChI=1S/C13H19BO4S/c1-12(2)13(3,4)18-14(17-12)9-6-10(19-8-9)7-11(15)16-5/h6,8H,7H2,1-5H3. The SMILES string of the molecule is COC(=O)Cc1cc(B2OC(C)(C)C(C)(C)O2)cs1. The molecule has 0 saturated carbocycles. The molecule has 0 N–H and O–H groups in total. The summed E-state index contributed by atoms with van der Waals surface area (Å²) >= 11 is 1.52. The van der Waals surface area contributed by atoms with Crippen molar-refractivity contribution in [3.63, 3.8) is 0 Å². The van der Waals surface area contributed by atoms with Crippen LogP contribution in [0.1, 0.15) is 32.6 Å². The highest BCUT2D eigenvalue weighted by molar-refractivity contribution is 7.11. The molecule has 1 aromatic heterocycles. The zero-order chi connectivity index (χ0) is 14.3. The number of rotatable bonds is 3. The van der Waals surface area contributed by atoms with E-state index in [9.17, 15) is 4.79 Å². The number of hydrogen-bond donors (Lipinski definition) is 0. The molecule has 0 spiro atoms. The minimum atomic E-state index is -0.368. The van der Waals surface area contributed by atoms with Crippen LogP contribution in [0.4, 0.5) is 0 Å². The molecule has 0 radical (unpaired) electrons. The van der Waals surface area contributed by atoms with Gasteiger partial charge in [0.2, 0.25) is 0 Å². The summed E-state index contributed by atoms with van der Waals surface area (Å²) in [6, 6.07) is 1.95. The van der Waals surface area contributed by atoms with Gasteiger partial charge in [0.15, 0.2) is 0 Å². The van der Waals surface area contributed by atoms with E-state index >= 15 is 0 Å². The predicted molar refractivity (Wildman–Crippen MR) is 75.8 cm³/mol. The highest BCUT2D eigenvalue weighted by Gasteiger charge is 2.51. The van der Waals surface area contributed by atoms with Gasteiger partial charge in [-0.15, -0.1) is 11.3 Å². The van der Waals surface area contributed by atoms with Crippen molar-refractivity contribution in [1.29, 1.82) is 0 Å². The third-order valence-corrected chi connectivity index (χ3v) is 4.70. The Labute approximate surface area is 118 Å². The first-order valence-corrected chi connectivity index (χ1v) is 7.13. The lowest BCUT2D eigenvalue weighted by Crippen LogP contribution is -2.41. The second kappa shape index (κ2) is 4.92. The summed E-state index contributed by atoms with van der Waals surface area (Å²) < 4.78 is 16.6. The lowest BCUT2D eigenvalue weighted by atomic mass is 9.81. The van der Waals surface area contributed by atoms with Crippen molar-refractivity contribution in [2.24, 2.45) is 0 Å². The molecule has 1 fully saturated rings. The third-order valence-electron chi connectivity index (χ3n) is 3.75. The van der Waals surface area contributed by atoms with Gasteiger partial charge in [0, 0.05) is 4.88 Å². The molecule has 104 valence electrons. The molecule has 19 heavy (non-hydrogen) atoms. The third kappa shape index (κ3) is 2.85. The first-order chi connectivity index (χ1) is 8.75. The maximum absolute atomic E-state index is 11.2. The molecule has 1 saturated heterocycles. The van der Waals surface area contributed by atoms with E-state index in [0.717, 1.165) is 10.3 Å². The van der Waals surface area contributed by atoms with Crippen LogP contribution in [-0.2, 0) is 25.3 Å². The van der Waals surface area contributed by atoms with Crippen molar-refractivity contribution in [2.45, 2.75) is 45.3 Å². The molecule has 0 aliphatic carbocycles. The van der Waals surface area contributed by atoms with Gasteiger partial charge in [-0.2, -0.15) is 0 Å².